The van der Waals surface area contributed by atoms with E-state index in [0.29, 0.717) is 12.8 Å². The highest BCUT2D eigenvalue weighted by Crippen LogP contribution is 2.32. The molecule has 66 valence electrons. The van der Waals surface area contributed by atoms with Crippen LogP contribution in [0.5, 0.6) is 0 Å². The largest absolute Gasteiger partial charge is 0.393 e. The number of allylic oxidation sites excluding steroid dienone is 2. The van der Waals surface area contributed by atoms with Crippen LogP contribution in [0, 0.1) is 11.8 Å². The molecule has 1 saturated heterocycles. The third-order valence-corrected chi connectivity index (χ3v) is 2.24. The third-order valence-electron chi connectivity index (χ3n) is 2.24. The van der Waals surface area contributed by atoms with Crippen molar-refractivity contribution in [3.05, 3.63) is 12.2 Å². The number of carbonyl (C=O) groups excluding carboxylic acids is 2. The maximum Gasteiger partial charge on any atom is 0.317 e. The Morgan fingerprint density at radius 3 is 1.92 bits per heavy atom. The Labute approximate surface area is 71.4 Å². The molecule has 0 saturated carbocycles. The molecule has 2 aliphatic rings. The van der Waals surface area contributed by atoms with Gasteiger partial charge >= 0.3 is 11.9 Å². The normalized spacial score (nSPS) is 32.3. The summed E-state index contributed by atoms with van der Waals surface area (Å²) >= 11 is 0. The number of cyclic esters (lactones) is 2. The monoisotopic (exact) mass is 168 g/mol. The zero-order chi connectivity index (χ0) is 7.84. The molecule has 0 N–H and O–H groups in total. The summed E-state index contributed by atoms with van der Waals surface area (Å²) in [5, 5.41) is 0. The van der Waals surface area contributed by atoms with E-state index in [1.807, 2.05) is 12.2 Å². The van der Waals surface area contributed by atoms with E-state index in [2.05, 4.69) is 4.74 Å². The number of ether oxygens (including phenoxy) is 1. The first-order chi connectivity index (χ1) is 5.29. The second-order valence-corrected chi connectivity index (χ2v) is 2.90. The molecule has 2 unspecified atom stereocenters. The summed E-state index contributed by atoms with van der Waals surface area (Å²) in [6.07, 6.45) is 5.19. The van der Waals surface area contributed by atoms with Crippen LogP contribution in [0.15, 0.2) is 12.2 Å². The van der Waals surface area contributed by atoms with Crippen molar-refractivity contribution >= 4 is 11.9 Å². The molecule has 2 atom stereocenters. The van der Waals surface area contributed by atoms with E-state index in [9.17, 15) is 9.59 Å². The van der Waals surface area contributed by atoms with Gasteiger partial charge in [0, 0.05) is 0 Å². The molecule has 0 spiro atoms. The maximum absolute atomic E-state index is 10.9. The molecule has 1 aliphatic heterocycles. The Kier molecular flexibility index (Phi) is 2.31. The lowest BCUT2D eigenvalue weighted by molar-refractivity contribution is -0.153. The Balaban J connectivity index is 0.000000720. The van der Waals surface area contributed by atoms with Gasteiger partial charge in [0.1, 0.15) is 0 Å². The van der Waals surface area contributed by atoms with Crippen LogP contribution in [0.3, 0.4) is 0 Å². The average molecular weight is 168 g/mol. The van der Waals surface area contributed by atoms with Gasteiger partial charge in [-0.3, -0.25) is 9.59 Å². The van der Waals surface area contributed by atoms with Gasteiger partial charge in [-0.15, -0.1) is 0 Å². The summed E-state index contributed by atoms with van der Waals surface area (Å²) in [6.45, 7) is 0. The predicted octanol–water partition coefficient (Wildman–Crippen LogP) is 1.29. The molecule has 1 fully saturated rings. The average Bonchev–Trinajstić information content (AvgIpc) is 2.30. The number of hydrogen-bond donors (Lipinski definition) is 0. The van der Waals surface area contributed by atoms with Crippen molar-refractivity contribution in [2.75, 3.05) is 0 Å². The quantitative estimate of drug-likeness (QED) is 0.311. The highest BCUT2D eigenvalue weighted by atomic mass is 16.6. The van der Waals surface area contributed by atoms with Crippen LogP contribution in [0.1, 0.15) is 20.3 Å². The molecule has 3 heteroatoms. The zero-order valence-corrected chi connectivity index (χ0v) is 5.95. The van der Waals surface area contributed by atoms with E-state index in [1.54, 1.807) is 0 Å². The van der Waals surface area contributed by atoms with Gasteiger partial charge in [0.2, 0.25) is 0 Å². The van der Waals surface area contributed by atoms with Crippen LogP contribution in [0.4, 0.5) is 0 Å². The van der Waals surface area contributed by atoms with E-state index < -0.39 is 0 Å². The van der Waals surface area contributed by atoms with Gasteiger partial charge in [-0.2, -0.15) is 0 Å². The lowest BCUT2D eigenvalue weighted by Crippen LogP contribution is -2.18. The summed E-state index contributed by atoms with van der Waals surface area (Å²) in [7, 11) is 0. The Morgan fingerprint density at radius 1 is 1.08 bits per heavy atom. The Bertz CT molecular complexity index is 218. The van der Waals surface area contributed by atoms with Gasteiger partial charge in [-0.05, 0) is 12.8 Å². The number of carbonyl (C=O) groups is 2. The van der Waals surface area contributed by atoms with Crippen molar-refractivity contribution < 1.29 is 14.3 Å². The molecule has 1 heterocycles. The van der Waals surface area contributed by atoms with Crippen molar-refractivity contribution in [3.63, 3.8) is 0 Å². The van der Waals surface area contributed by atoms with E-state index in [4.69, 9.17) is 0 Å². The molecule has 3 nitrogen and oxygen atoms in total. The first-order valence-electron chi connectivity index (χ1n) is 3.69. The van der Waals surface area contributed by atoms with Crippen LogP contribution in [-0.2, 0) is 14.3 Å². The number of hydrogen-bond acceptors (Lipinski definition) is 3. The summed E-state index contributed by atoms with van der Waals surface area (Å²) < 4.78 is 4.49. The number of fused-ring (bicyclic) bond motifs is 1. The first-order valence-corrected chi connectivity index (χ1v) is 3.69. The highest BCUT2D eigenvalue weighted by molar-refractivity contribution is 5.96. The van der Waals surface area contributed by atoms with Gasteiger partial charge < -0.3 is 4.74 Å². The van der Waals surface area contributed by atoms with E-state index in [0.717, 1.165) is 0 Å². The van der Waals surface area contributed by atoms with Crippen LogP contribution >= 0.6 is 0 Å². The summed E-state index contributed by atoms with van der Waals surface area (Å²) in [5.74, 6) is -1.06. The topological polar surface area (TPSA) is 43.4 Å². The molecule has 0 amide bonds. The maximum atomic E-state index is 10.9. The SMILES string of the molecule is C.O=C1OC(=O)C2CC=CCC12. The van der Waals surface area contributed by atoms with Gasteiger partial charge in [0.15, 0.2) is 0 Å². The fourth-order valence-electron chi connectivity index (χ4n) is 1.59. The van der Waals surface area contributed by atoms with Crippen LogP contribution in [-0.4, -0.2) is 11.9 Å². The molecule has 0 aromatic rings. The van der Waals surface area contributed by atoms with E-state index in [-0.39, 0.29) is 31.2 Å². The molecule has 12 heavy (non-hydrogen) atoms. The molecule has 0 bridgehead atoms. The molecule has 0 radical (unpaired) electrons. The zero-order valence-electron chi connectivity index (χ0n) is 5.95. The molecule has 0 aromatic carbocycles. The van der Waals surface area contributed by atoms with Gasteiger partial charge in [0.05, 0.1) is 11.8 Å². The fraction of sp³-hybridized carbons (Fsp3) is 0.556. The van der Waals surface area contributed by atoms with Crippen LogP contribution in [0.25, 0.3) is 0 Å². The lowest BCUT2D eigenvalue weighted by atomic mass is 9.85. The molecule has 2 rings (SSSR count). The minimum atomic E-state index is -0.343. The highest BCUT2D eigenvalue weighted by Gasteiger charge is 2.43. The second kappa shape index (κ2) is 3.09. The molecule has 0 aromatic heterocycles. The van der Waals surface area contributed by atoms with Crippen LogP contribution < -0.4 is 0 Å². The standard InChI is InChI=1S/C8H8O3.CH4/c9-7-5-3-1-2-4-6(5)8(10)11-7;/h1-2,5-6H,3-4H2;1H4. The summed E-state index contributed by atoms with van der Waals surface area (Å²) in [6, 6.07) is 0. The Hall–Kier alpha value is -1.12. The van der Waals surface area contributed by atoms with Gasteiger partial charge in [0.25, 0.3) is 0 Å². The summed E-state index contributed by atoms with van der Waals surface area (Å²) in [4.78, 5) is 21.9. The van der Waals surface area contributed by atoms with E-state index >= 15 is 0 Å². The molecular formula is C9H12O3. The van der Waals surface area contributed by atoms with Crippen molar-refractivity contribution in [2.45, 2.75) is 20.3 Å². The fourth-order valence-corrected chi connectivity index (χ4v) is 1.59. The van der Waals surface area contributed by atoms with Crippen molar-refractivity contribution in [3.8, 4) is 0 Å². The number of esters is 2. The van der Waals surface area contributed by atoms with E-state index in [1.165, 1.54) is 0 Å². The predicted molar refractivity (Wildman–Crippen MR) is 43.2 cm³/mol. The van der Waals surface area contributed by atoms with Crippen molar-refractivity contribution in [1.29, 1.82) is 0 Å². The molecule has 1 aliphatic carbocycles. The van der Waals surface area contributed by atoms with Gasteiger partial charge in [-0.25, -0.2) is 0 Å². The summed E-state index contributed by atoms with van der Waals surface area (Å²) in [5.41, 5.74) is 0. The Morgan fingerprint density at radius 2 is 1.50 bits per heavy atom. The smallest absolute Gasteiger partial charge is 0.317 e. The lowest BCUT2D eigenvalue weighted by Gasteiger charge is -2.12. The second-order valence-electron chi connectivity index (χ2n) is 2.90. The van der Waals surface area contributed by atoms with Crippen LogP contribution in [0.2, 0.25) is 0 Å². The number of rotatable bonds is 0. The minimum Gasteiger partial charge on any atom is -0.393 e. The first kappa shape index (κ1) is 8.97. The van der Waals surface area contributed by atoms with Crippen molar-refractivity contribution in [2.24, 2.45) is 11.8 Å². The molecular weight excluding hydrogens is 156 g/mol. The third kappa shape index (κ3) is 1.15. The van der Waals surface area contributed by atoms with Gasteiger partial charge in [-0.1, -0.05) is 19.6 Å². The minimum absolute atomic E-state index is 0. The van der Waals surface area contributed by atoms with Crippen molar-refractivity contribution in [1.82, 2.24) is 0 Å².